The number of nitrogens with one attached hydrogen (secondary N) is 1. The fourth-order valence-corrected chi connectivity index (χ4v) is 4.75. The van der Waals surface area contributed by atoms with E-state index in [0.29, 0.717) is 44.1 Å². The quantitative estimate of drug-likeness (QED) is 0.576. The van der Waals surface area contributed by atoms with Crippen molar-refractivity contribution in [3.8, 4) is 5.75 Å². The Morgan fingerprint density at radius 1 is 1.03 bits per heavy atom. The average Bonchev–Trinajstić information content (AvgIpc) is 2.77. The van der Waals surface area contributed by atoms with Crippen molar-refractivity contribution in [2.24, 2.45) is 0 Å². The SMILES string of the molecule is CN1CCN(S(=O)(=O)c2ccc(CNC(=O)CCCOc3ccc(Cl)cc3)cc2)CC1. The molecule has 2 aromatic carbocycles. The van der Waals surface area contributed by atoms with E-state index < -0.39 is 10.0 Å². The molecule has 1 N–H and O–H groups in total. The van der Waals surface area contributed by atoms with Gasteiger partial charge in [0.1, 0.15) is 5.75 Å². The highest BCUT2D eigenvalue weighted by Gasteiger charge is 2.27. The van der Waals surface area contributed by atoms with Gasteiger partial charge < -0.3 is 15.0 Å². The van der Waals surface area contributed by atoms with Crippen LogP contribution in [0.3, 0.4) is 0 Å². The second-order valence-electron chi connectivity index (χ2n) is 7.53. The number of benzene rings is 2. The van der Waals surface area contributed by atoms with Gasteiger partial charge in [-0.05, 0) is 55.4 Å². The van der Waals surface area contributed by atoms with Gasteiger partial charge in [0.2, 0.25) is 15.9 Å². The molecule has 1 aliphatic rings. The van der Waals surface area contributed by atoms with Crippen LogP contribution in [0.15, 0.2) is 53.4 Å². The van der Waals surface area contributed by atoms with Gasteiger partial charge in [-0.15, -0.1) is 0 Å². The van der Waals surface area contributed by atoms with E-state index in [-0.39, 0.29) is 10.8 Å². The van der Waals surface area contributed by atoms with Gasteiger partial charge >= 0.3 is 0 Å². The number of likely N-dealkylation sites (N-methyl/N-ethyl adjacent to an activating group) is 1. The van der Waals surface area contributed by atoms with Crippen LogP contribution in [0.4, 0.5) is 0 Å². The summed E-state index contributed by atoms with van der Waals surface area (Å²) in [6, 6.07) is 13.8. The number of carbonyl (C=O) groups is 1. The molecule has 0 spiro atoms. The monoisotopic (exact) mass is 465 g/mol. The van der Waals surface area contributed by atoms with Gasteiger partial charge in [-0.3, -0.25) is 4.79 Å². The average molecular weight is 466 g/mol. The molecule has 3 rings (SSSR count). The molecule has 1 saturated heterocycles. The minimum absolute atomic E-state index is 0.0751. The predicted octanol–water partition coefficient (Wildman–Crippen LogP) is 2.75. The number of halogens is 1. The lowest BCUT2D eigenvalue weighted by atomic mass is 10.2. The van der Waals surface area contributed by atoms with Crippen LogP contribution in [-0.4, -0.2) is 63.4 Å². The number of nitrogens with zero attached hydrogens (tertiary/aromatic N) is 2. The first kappa shape index (κ1) is 23.5. The Morgan fingerprint density at radius 3 is 2.32 bits per heavy atom. The first-order valence-corrected chi connectivity index (χ1v) is 12.1. The van der Waals surface area contributed by atoms with Crippen LogP contribution in [0, 0.1) is 0 Å². The standard InChI is InChI=1S/C22H28ClN3O4S/c1-25-12-14-26(15-13-25)31(28,29)21-10-4-18(5-11-21)17-24-22(27)3-2-16-30-20-8-6-19(23)7-9-20/h4-11H,2-3,12-17H2,1H3,(H,24,27). The van der Waals surface area contributed by atoms with Gasteiger partial charge in [0, 0.05) is 44.2 Å². The first-order valence-electron chi connectivity index (χ1n) is 10.3. The molecule has 0 radical (unpaired) electrons. The first-order chi connectivity index (χ1) is 14.8. The van der Waals surface area contributed by atoms with Gasteiger partial charge in [0.15, 0.2) is 0 Å². The Balaban J connectivity index is 1.40. The van der Waals surface area contributed by atoms with Crippen LogP contribution in [0.1, 0.15) is 18.4 Å². The molecule has 1 heterocycles. The number of sulfonamides is 1. The molecule has 31 heavy (non-hydrogen) atoms. The maximum absolute atomic E-state index is 12.8. The summed E-state index contributed by atoms with van der Waals surface area (Å²) >= 11 is 5.83. The molecular weight excluding hydrogens is 438 g/mol. The third-order valence-electron chi connectivity index (χ3n) is 5.14. The largest absolute Gasteiger partial charge is 0.494 e. The molecule has 0 aromatic heterocycles. The Kier molecular flexibility index (Phi) is 8.31. The van der Waals surface area contributed by atoms with E-state index in [4.69, 9.17) is 16.3 Å². The fourth-order valence-electron chi connectivity index (χ4n) is 3.20. The molecule has 0 unspecified atom stereocenters. The van der Waals surface area contributed by atoms with Crippen molar-refractivity contribution in [1.82, 2.24) is 14.5 Å². The van der Waals surface area contributed by atoms with Crippen molar-refractivity contribution in [3.63, 3.8) is 0 Å². The van der Waals surface area contributed by atoms with Gasteiger partial charge in [-0.1, -0.05) is 23.7 Å². The number of rotatable bonds is 9. The van der Waals surface area contributed by atoms with Crippen molar-refractivity contribution in [3.05, 3.63) is 59.1 Å². The predicted molar refractivity (Wildman–Crippen MR) is 121 cm³/mol. The van der Waals surface area contributed by atoms with Crippen molar-refractivity contribution in [2.75, 3.05) is 39.8 Å². The summed E-state index contributed by atoms with van der Waals surface area (Å²) in [5.74, 6) is 0.644. The summed E-state index contributed by atoms with van der Waals surface area (Å²) in [5.41, 5.74) is 0.850. The molecular formula is C22H28ClN3O4S. The summed E-state index contributed by atoms with van der Waals surface area (Å²) in [4.78, 5) is 14.4. The van der Waals surface area contributed by atoms with E-state index in [0.717, 1.165) is 24.4 Å². The molecule has 0 atom stereocenters. The Labute approximate surface area is 189 Å². The highest BCUT2D eigenvalue weighted by molar-refractivity contribution is 7.89. The van der Waals surface area contributed by atoms with Crippen LogP contribution in [0.5, 0.6) is 5.75 Å². The Bertz CT molecular complexity index is 957. The second-order valence-corrected chi connectivity index (χ2v) is 9.91. The number of carbonyl (C=O) groups excluding carboxylic acids is 1. The normalized spacial score (nSPS) is 15.5. The van der Waals surface area contributed by atoms with Gasteiger partial charge in [-0.2, -0.15) is 4.31 Å². The van der Waals surface area contributed by atoms with Crippen LogP contribution in [0.2, 0.25) is 5.02 Å². The number of hydrogen-bond donors (Lipinski definition) is 1. The van der Waals surface area contributed by atoms with Crippen LogP contribution < -0.4 is 10.1 Å². The van der Waals surface area contributed by atoms with E-state index in [9.17, 15) is 13.2 Å². The molecule has 1 fully saturated rings. The summed E-state index contributed by atoms with van der Waals surface area (Å²) in [5, 5.41) is 3.50. The minimum Gasteiger partial charge on any atom is -0.494 e. The van der Waals surface area contributed by atoms with Crippen LogP contribution >= 0.6 is 11.6 Å². The molecule has 7 nitrogen and oxygen atoms in total. The fraction of sp³-hybridized carbons (Fsp3) is 0.409. The van der Waals surface area contributed by atoms with Crippen LogP contribution in [-0.2, 0) is 21.4 Å². The van der Waals surface area contributed by atoms with E-state index in [1.54, 1.807) is 48.5 Å². The Morgan fingerprint density at radius 2 is 1.68 bits per heavy atom. The topological polar surface area (TPSA) is 79.0 Å². The van der Waals surface area contributed by atoms with Crippen molar-refractivity contribution >= 4 is 27.5 Å². The highest BCUT2D eigenvalue weighted by atomic mass is 35.5. The zero-order valence-corrected chi connectivity index (χ0v) is 19.2. The Hall–Kier alpha value is -2.13. The van der Waals surface area contributed by atoms with Crippen molar-refractivity contribution in [1.29, 1.82) is 0 Å². The smallest absolute Gasteiger partial charge is 0.243 e. The van der Waals surface area contributed by atoms with Crippen LogP contribution in [0.25, 0.3) is 0 Å². The zero-order valence-electron chi connectivity index (χ0n) is 17.6. The van der Waals surface area contributed by atoms with E-state index >= 15 is 0 Å². The lowest BCUT2D eigenvalue weighted by molar-refractivity contribution is -0.121. The lowest BCUT2D eigenvalue weighted by Crippen LogP contribution is -2.47. The number of hydrogen-bond acceptors (Lipinski definition) is 5. The summed E-state index contributed by atoms with van der Waals surface area (Å²) < 4.78 is 32.6. The van der Waals surface area contributed by atoms with E-state index in [1.165, 1.54) is 4.31 Å². The minimum atomic E-state index is -3.48. The molecule has 168 valence electrons. The molecule has 1 aliphatic heterocycles. The number of amides is 1. The molecule has 0 aliphatic carbocycles. The number of piperazine rings is 1. The zero-order chi connectivity index (χ0) is 22.3. The van der Waals surface area contributed by atoms with E-state index in [1.807, 2.05) is 7.05 Å². The third kappa shape index (κ3) is 6.93. The third-order valence-corrected chi connectivity index (χ3v) is 7.31. The highest BCUT2D eigenvalue weighted by Crippen LogP contribution is 2.18. The maximum Gasteiger partial charge on any atom is 0.243 e. The van der Waals surface area contributed by atoms with Gasteiger partial charge in [0.25, 0.3) is 0 Å². The summed E-state index contributed by atoms with van der Waals surface area (Å²) in [7, 11) is -1.49. The van der Waals surface area contributed by atoms with Crippen molar-refractivity contribution in [2.45, 2.75) is 24.3 Å². The van der Waals surface area contributed by atoms with Gasteiger partial charge in [-0.25, -0.2) is 8.42 Å². The summed E-state index contributed by atoms with van der Waals surface area (Å²) in [6.45, 7) is 3.25. The molecule has 9 heteroatoms. The van der Waals surface area contributed by atoms with E-state index in [2.05, 4.69) is 10.2 Å². The number of ether oxygens (including phenoxy) is 1. The van der Waals surface area contributed by atoms with Crippen molar-refractivity contribution < 1.29 is 17.9 Å². The summed E-state index contributed by atoms with van der Waals surface area (Å²) in [6.07, 6.45) is 0.945. The molecule has 0 bridgehead atoms. The molecule has 1 amide bonds. The van der Waals surface area contributed by atoms with Gasteiger partial charge in [0.05, 0.1) is 11.5 Å². The second kappa shape index (κ2) is 10.9. The molecule has 2 aromatic rings. The maximum atomic E-state index is 12.8. The lowest BCUT2D eigenvalue weighted by Gasteiger charge is -2.31. The molecule has 0 saturated carbocycles.